The molecule has 2 amide bonds. The Bertz CT molecular complexity index is 969. The van der Waals surface area contributed by atoms with Gasteiger partial charge in [-0.15, -0.1) is 0 Å². The molecule has 2 fully saturated rings. The van der Waals surface area contributed by atoms with Gasteiger partial charge < -0.3 is 9.80 Å². The molecule has 2 atom stereocenters. The van der Waals surface area contributed by atoms with Crippen molar-refractivity contribution in [1.82, 2.24) is 9.97 Å². The molecule has 5 rings (SSSR count). The number of carbonyl (C=O) groups excluding carboxylic acids is 1. The molecule has 1 N–H and O–H groups in total. The van der Waals surface area contributed by atoms with Crippen LogP contribution in [-0.2, 0) is 0 Å². The van der Waals surface area contributed by atoms with Crippen molar-refractivity contribution in [1.29, 1.82) is 0 Å². The summed E-state index contributed by atoms with van der Waals surface area (Å²) < 4.78 is 39.8. The first kappa shape index (κ1) is 19.9. The topological polar surface area (TPSA) is 64.6 Å². The molecule has 0 aliphatic carbocycles. The Morgan fingerprint density at radius 2 is 1.94 bits per heavy atom. The lowest BCUT2D eigenvalue weighted by molar-refractivity contribution is -0.176. The number of nitrogens with zero attached hydrogens (tertiary/aromatic N) is 5. The number of piperidine rings is 1. The van der Waals surface area contributed by atoms with E-state index in [0.29, 0.717) is 30.4 Å². The molecule has 1 unspecified atom stereocenters. The van der Waals surface area contributed by atoms with Crippen LogP contribution >= 0.6 is 0 Å². The monoisotopic (exact) mass is 432 g/mol. The molecule has 2 aromatic heterocycles. The number of hydrogen-bond acceptors (Lipinski definition) is 5. The number of carbonyl (C=O) groups is 1. The Labute approximate surface area is 177 Å². The van der Waals surface area contributed by atoms with E-state index < -0.39 is 12.1 Å². The smallest absolute Gasteiger partial charge is 0.356 e. The number of rotatable bonds is 2. The van der Waals surface area contributed by atoms with Crippen molar-refractivity contribution in [2.75, 3.05) is 39.7 Å². The average Bonchev–Trinajstić information content (AvgIpc) is 3.34. The van der Waals surface area contributed by atoms with E-state index in [0.717, 1.165) is 25.1 Å². The summed E-state index contributed by atoms with van der Waals surface area (Å²) >= 11 is 0. The fourth-order valence-corrected chi connectivity index (χ4v) is 4.74. The van der Waals surface area contributed by atoms with Gasteiger partial charge in [0.1, 0.15) is 17.8 Å². The van der Waals surface area contributed by atoms with Gasteiger partial charge in [-0.1, -0.05) is 6.07 Å². The second-order valence-corrected chi connectivity index (χ2v) is 8.17. The Hall–Kier alpha value is -3.04. The van der Waals surface area contributed by atoms with Crippen molar-refractivity contribution in [3.05, 3.63) is 36.5 Å². The van der Waals surface area contributed by atoms with Crippen LogP contribution in [0.3, 0.4) is 0 Å². The maximum absolute atomic E-state index is 13.3. The number of halogens is 3. The van der Waals surface area contributed by atoms with E-state index in [1.54, 1.807) is 40.3 Å². The number of alkyl halides is 3. The molecule has 31 heavy (non-hydrogen) atoms. The molecule has 2 aromatic rings. The highest BCUT2D eigenvalue weighted by atomic mass is 19.4. The third kappa shape index (κ3) is 3.64. The molecule has 164 valence electrons. The number of urea groups is 1. The number of pyridine rings is 2. The first-order chi connectivity index (χ1) is 14.9. The van der Waals surface area contributed by atoms with Crippen LogP contribution in [0.25, 0.3) is 0 Å². The van der Waals surface area contributed by atoms with Gasteiger partial charge in [0.05, 0.1) is 11.6 Å². The average molecular weight is 432 g/mol. The van der Waals surface area contributed by atoms with Gasteiger partial charge in [0.2, 0.25) is 0 Å². The molecule has 3 aliphatic rings. The molecule has 0 radical (unpaired) electrons. The fraction of sp³-hybridized carbons (Fsp3) is 0.476. The van der Waals surface area contributed by atoms with Crippen molar-refractivity contribution >= 4 is 29.2 Å². The van der Waals surface area contributed by atoms with Crippen molar-refractivity contribution in [3.63, 3.8) is 0 Å². The first-order valence-corrected chi connectivity index (χ1v) is 10.5. The number of fused-ring (bicyclic) bond motifs is 3. The van der Waals surface area contributed by atoms with Crippen molar-refractivity contribution in [2.45, 2.75) is 38.0 Å². The summed E-state index contributed by atoms with van der Waals surface area (Å²) in [6.45, 7) is 1.22. The third-order valence-corrected chi connectivity index (χ3v) is 6.22. The number of hydrogen-bond donors (Lipinski definition) is 1. The second kappa shape index (κ2) is 7.58. The van der Waals surface area contributed by atoms with E-state index in [4.69, 9.17) is 0 Å². The second-order valence-electron chi connectivity index (χ2n) is 8.17. The minimum absolute atomic E-state index is 0.109. The van der Waals surface area contributed by atoms with Crippen LogP contribution < -0.4 is 20.0 Å². The van der Waals surface area contributed by atoms with Crippen LogP contribution in [0.1, 0.15) is 25.7 Å². The van der Waals surface area contributed by atoms with Crippen molar-refractivity contribution < 1.29 is 18.0 Å². The molecular weight excluding hydrogens is 409 g/mol. The Balaban J connectivity index is 1.44. The summed E-state index contributed by atoms with van der Waals surface area (Å²) in [5, 5.41) is 2.81. The summed E-state index contributed by atoms with van der Waals surface area (Å²) in [4.78, 5) is 27.4. The summed E-state index contributed by atoms with van der Waals surface area (Å²) in [7, 11) is 0. The molecule has 5 heterocycles. The van der Waals surface area contributed by atoms with Crippen LogP contribution in [0.15, 0.2) is 36.5 Å². The van der Waals surface area contributed by atoms with Gasteiger partial charge >= 0.3 is 12.2 Å². The highest BCUT2D eigenvalue weighted by molar-refractivity contribution is 6.05. The van der Waals surface area contributed by atoms with Gasteiger partial charge in [0, 0.05) is 25.8 Å². The van der Waals surface area contributed by atoms with Crippen LogP contribution in [0.2, 0.25) is 0 Å². The zero-order valence-electron chi connectivity index (χ0n) is 16.8. The van der Waals surface area contributed by atoms with E-state index in [-0.39, 0.29) is 25.2 Å². The molecule has 3 aliphatic heterocycles. The maximum Gasteiger partial charge on any atom is 0.393 e. The predicted octanol–water partition coefficient (Wildman–Crippen LogP) is 4.23. The van der Waals surface area contributed by atoms with Gasteiger partial charge in [-0.3, -0.25) is 10.2 Å². The lowest BCUT2D eigenvalue weighted by atomic mass is 9.97. The Morgan fingerprint density at radius 3 is 2.71 bits per heavy atom. The van der Waals surface area contributed by atoms with Crippen molar-refractivity contribution in [2.24, 2.45) is 5.92 Å². The van der Waals surface area contributed by atoms with Crippen LogP contribution in [0, 0.1) is 5.92 Å². The summed E-state index contributed by atoms with van der Waals surface area (Å²) in [6, 6.07) is 8.56. The maximum atomic E-state index is 13.3. The van der Waals surface area contributed by atoms with E-state index >= 15 is 0 Å². The molecule has 0 saturated carbocycles. The highest BCUT2D eigenvalue weighted by Gasteiger charge is 2.45. The number of nitrogens with one attached hydrogen (secondary N) is 1. The van der Waals surface area contributed by atoms with Gasteiger partial charge in [-0.25, -0.2) is 14.8 Å². The molecule has 0 aromatic carbocycles. The third-order valence-electron chi connectivity index (χ3n) is 6.22. The van der Waals surface area contributed by atoms with Crippen LogP contribution in [0.4, 0.5) is 41.1 Å². The van der Waals surface area contributed by atoms with E-state index in [9.17, 15) is 18.0 Å². The number of aromatic nitrogens is 2. The fourth-order valence-electron chi connectivity index (χ4n) is 4.74. The van der Waals surface area contributed by atoms with Gasteiger partial charge in [-0.2, -0.15) is 13.2 Å². The molecule has 0 bridgehead atoms. The number of anilines is 4. The minimum atomic E-state index is -4.22. The molecular formula is C21H23F3N6O. The zero-order valence-corrected chi connectivity index (χ0v) is 16.8. The summed E-state index contributed by atoms with van der Waals surface area (Å²) in [6.07, 6.45) is -0.405. The van der Waals surface area contributed by atoms with Gasteiger partial charge in [-0.05, 0) is 49.9 Å². The van der Waals surface area contributed by atoms with Gasteiger partial charge in [0.25, 0.3) is 0 Å². The lowest BCUT2D eigenvalue weighted by Crippen LogP contribution is -2.45. The largest absolute Gasteiger partial charge is 0.393 e. The molecule has 0 spiro atoms. The number of amides is 2. The first-order valence-electron chi connectivity index (χ1n) is 10.5. The van der Waals surface area contributed by atoms with Crippen LogP contribution in [0.5, 0.6) is 0 Å². The molecule has 2 saturated heterocycles. The summed E-state index contributed by atoms with van der Waals surface area (Å²) in [5.74, 6) is 0.0444. The van der Waals surface area contributed by atoms with E-state index in [1.165, 1.54) is 0 Å². The molecule has 10 heteroatoms. The quantitative estimate of drug-likeness (QED) is 0.769. The van der Waals surface area contributed by atoms with Crippen LogP contribution in [-0.4, -0.2) is 48.0 Å². The van der Waals surface area contributed by atoms with E-state index in [1.807, 2.05) is 6.07 Å². The normalized spacial score (nSPS) is 23.0. The minimum Gasteiger partial charge on any atom is -0.356 e. The lowest BCUT2D eigenvalue weighted by Gasteiger charge is -2.34. The predicted molar refractivity (Wildman–Crippen MR) is 111 cm³/mol. The highest BCUT2D eigenvalue weighted by Crippen LogP contribution is 2.44. The zero-order chi connectivity index (χ0) is 21.6. The standard InChI is InChI=1S/C21H23F3N6O/c22-21(23,24)14-5-3-11-28(13-14)17-9-8-15-19(27-17)30(18-7-4-12-29(15)18)20(31)26-16-6-1-2-10-25-16/h1-2,6,8-10,14,18H,3-5,7,11-13H2,(H,25,26,31)/t14?,18-/m0/s1. The Morgan fingerprint density at radius 1 is 1.10 bits per heavy atom. The molecule has 7 nitrogen and oxygen atoms in total. The Kier molecular flexibility index (Phi) is 4.86. The SMILES string of the molecule is O=C(Nc1ccccn1)N1c2nc(N3CCCC(C(F)(F)F)C3)ccc2N2CCC[C@@H]21. The van der Waals surface area contributed by atoms with E-state index in [2.05, 4.69) is 20.2 Å². The van der Waals surface area contributed by atoms with Crippen molar-refractivity contribution in [3.8, 4) is 0 Å². The van der Waals surface area contributed by atoms with Gasteiger partial charge in [0.15, 0.2) is 5.82 Å². The summed E-state index contributed by atoms with van der Waals surface area (Å²) in [5.41, 5.74) is 0.840.